The number of nitrogens with zero attached hydrogens (tertiary/aromatic N) is 2. The SMILES string of the molecule is Cc1cccc(N=C[C@H]2C(=O)NC(=S)N(c3ccccc3)C2=O)c1C. The van der Waals surface area contributed by atoms with E-state index in [-0.39, 0.29) is 5.11 Å². The Morgan fingerprint density at radius 3 is 2.52 bits per heavy atom. The first-order chi connectivity index (χ1) is 12.0. The van der Waals surface area contributed by atoms with Crippen molar-refractivity contribution in [2.75, 3.05) is 4.90 Å². The van der Waals surface area contributed by atoms with E-state index in [9.17, 15) is 9.59 Å². The van der Waals surface area contributed by atoms with Gasteiger partial charge in [-0.3, -0.25) is 19.5 Å². The monoisotopic (exact) mass is 351 g/mol. The minimum atomic E-state index is -1.02. The summed E-state index contributed by atoms with van der Waals surface area (Å²) in [7, 11) is 0. The highest BCUT2D eigenvalue weighted by molar-refractivity contribution is 7.80. The number of rotatable bonds is 3. The lowest BCUT2D eigenvalue weighted by Gasteiger charge is -2.30. The third kappa shape index (κ3) is 3.34. The van der Waals surface area contributed by atoms with Crippen LogP contribution in [0, 0.1) is 19.8 Å². The number of hydrogen-bond acceptors (Lipinski definition) is 4. The molecule has 0 unspecified atom stereocenters. The van der Waals surface area contributed by atoms with Crippen molar-refractivity contribution in [1.82, 2.24) is 5.32 Å². The van der Waals surface area contributed by atoms with Crippen molar-refractivity contribution < 1.29 is 9.59 Å². The number of aryl methyl sites for hydroxylation is 1. The number of nitrogens with one attached hydrogen (secondary N) is 1. The fourth-order valence-corrected chi connectivity index (χ4v) is 2.87. The number of amides is 2. The Balaban J connectivity index is 1.91. The molecule has 1 N–H and O–H groups in total. The van der Waals surface area contributed by atoms with Crippen LogP contribution < -0.4 is 10.2 Å². The smallest absolute Gasteiger partial charge is 0.251 e. The highest BCUT2D eigenvalue weighted by Crippen LogP contribution is 2.23. The number of aliphatic imine (C=N–C) groups is 1. The van der Waals surface area contributed by atoms with E-state index in [2.05, 4.69) is 10.3 Å². The van der Waals surface area contributed by atoms with E-state index in [1.54, 1.807) is 24.3 Å². The zero-order valence-corrected chi connectivity index (χ0v) is 14.7. The molecule has 0 aromatic heterocycles. The minimum Gasteiger partial charge on any atom is -0.301 e. The maximum absolute atomic E-state index is 12.8. The van der Waals surface area contributed by atoms with Crippen molar-refractivity contribution in [3.05, 3.63) is 59.7 Å². The van der Waals surface area contributed by atoms with E-state index in [4.69, 9.17) is 12.2 Å². The van der Waals surface area contributed by atoms with E-state index in [0.717, 1.165) is 16.8 Å². The molecule has 1 atom stereocenters. The number of carbonyl (C=O) groups is 2. The molecule has 6 heteroatoms. The van der Waals surface area contributed by atoms with Crippen LogP contribution in [0.2, 0.25) is 0 Å². The number of hydrogen-bond donors (Lipinski definition) is 1. The first kappa shape index (κ1) is 17.0. The lowest BCUT2D eigenvalue weighted by Crippen LogP contribution is -2.58. The maximum atomic E-state index is 12.8. The standard InChI is InChI=1S/C19H17N3O2S/c1-12-7-6-10-16(13(12)2)20-11-15-17(23)21-19(25)22(18(15)24)14-8-4-3-5-9-14/h3-11,15H,1-2H3,(H,21,23,25)/t15-/m0/s1. The Kier molecular flexibility index (Phi) is 4.72. The molecule has 126 valence electrons. The van der Waals surface area contributed by atoms with E-state index in [1.807, 2.05) is 38.1 Å². The van der Waals surface area contributed by atoms with Gasteiger partial charge in [0.25, 0.3) is 5.91 Å². The maximum Gasteiger partial charge on any atom is 0.251 e. The Bertz CT molecular complexity index is 877. The Morgan fingerprint density at radius 2 is 1.80 bits per heavy atom. The fourth-order valence-electron chi connectivity index (χ4n) is 2.57. The highest BCUT2D eigenvalue weighted by atomic mass is 32.1. The van der Waals surface area contributed by atoms with Crippen LogP contribution in [0.15, 0.2) is 53.5 Å². The van der Waals surface area contributed by atoms with Crippen molar-refractivity contribution >= 4 is 46.7 Å². The quantitative estimate of drug-likeness (QED) is 0.525. The Morgan fingerprint density at radius 1 is 1.08 bits per heavy atom. The molecule has 2 aromatic carbocycles. The first-order valence-electron chi connectivity index (χ1n) is 7.83. The van der Waals surface area contributed by atoms with E-state index in [1.165, 1.54) is 11.1 Å². The van der Waals surface area contributed by atoms with Gasteiger partial charge in [0.1, 0.15) is 0 Å². The Hall–Kier alpha value is -2.86. The highest BCUT2D eigenvalue weighted by Gasteiger charge is 2.38. The second-order valence-corrected chi connectivity index (χ2v) is 6.17. The molecule has 0 radical (unpaired) electrons. The van der Waals surface area contributed by atoms with Crippen LogP contribution in [-0.4, -0.2) is 23.1 Å². The summed E-state index contributed by atoms with van der Waals surface area (Å²) >= 11 is 5.16. The molecular weight excluding hydrogens is 334 g/mol. The van der Waals surface area contributed by atoms with Crippen LogP contribution in [0.25, 0.3) is 0 Å². The summed E-state index contributed by atoms with van der Waals surface area (Å²) in [6.07, 6.45) is 1.39. The van der Waals surface area contributed by atoms with Crippen molar-refractivity contribution in [1.29, 1.82) is 0 Å². The molecule has 5 nitrogen and oxygen atoms in total. The summed E-state index contributed by atoms with van der Waals surface area (Å²) in [5, 5.41) is 2.66. The van der Waals surface area contributed by atoms with Gasteiger partial charge in [0.2, 0.25) is 5.91 Å². The predicted molar refractivity (Wildman–Crippen MR) is 102 cm³/mol. The largest absolute Gasteiger partial charge is 0.301 e. The third-order valence-electron chi connectivity index (χ3n) is 4.16. The zero-order valence-electron chi connectivity index (χ0n) is 13.9. The van der Waals surface area contributed by atoms with Crippen LogP contribution in [-0.2, 0) is 9.59 Å². The molecule has 2 aromatic rings. The molecule has 1 saturated heterocycles. The summed E-state index contributed by atoms with van der Waals surface area (Å²) in [6.45, 7) is 3.94. The van der Waals surface area contributed by atoms with E-state index >= 15 is 0 Å². The van der Waals surface area contributed by atoms with E-state index in [0.29, 0.717) is 5.69 Å². The number of benzene rings is 2. The van der Waals surface area contributed by atoms with Crippen LogP contribution in [0.5, 0.6) is 0 Å². The zero-order chi connectivity index (χ0) is 18.0. The molecule has 0 spiro atoms. The molecule has 2 amide bonds. The molecule has 3 rings (SSSR count). The predicted octanol–water partition coefficient (Wildman–Crippen LogP) is 3.07. The van der Waals surface area contributed by atoms with Crippen LogP contribution >= 0.6 is 12.2 Å². The van der Waals surface area contributed by atoms with Gasteiger partial charge in [0.05, 0.1) is 11.4 Å². The van der Waals surface area contributed by atoms with Gasteiger partial charge in [-0.1, -0.05) is 30.3 Å². The van der Waals surface area contributed by atoms with Gasteiger partial charge in [0.15, 0.2) is 11.0 Å². The minimum absolute atomic E-state index is 0.0811. The van der Waals surface area contributed by atoms with Gasteiger partial charge >= 0.3 is 0 Å². The summed E-state index contributed by atoms with van der Waals surface area (Å²) in [4.78, 5) is 30.7. The summed E-state index contributed by atoms with van der Waals surface area (Å²) in [6, 6.07) is 14.7. The molecule has 0 aliphatic carbocycles. The van der Waals surface area contributed by atoms with Crippen molar-refractivity contribution in [3.8, 4) is 0 Å². The number of thiocarbonyl (C=S) groups is 1. The van der Waals surface area contributed by atoms with Crippen molar-refractivity contribution in [3.63, 3.8) is 0 Å². The van der Waals surface area contributed by atoms with Gasteiger partial charge in [-0.05, 0) is 55.4 Å². The first-order valence-corrected chi connectivity index (χ1v) is 8.24. The summed E-state index contributed by atoms with van der Waals surface area (Å²) in [5.74, 6) is -1.89. The molecular formula is C19H17N3O2S. The lowest BCUT2D eigenvalue weighted by molar-refractivity contribution is -0.130. The van der Waals surface area contributed by atoms with Gasteiger partial charge in [-0.15, -0.1) is 0 Å². The fraction of sp³-hybridized carbons (Fsp3) is 0.158. The molecule has 1 aliphatic rings. The molecule has 25 heavy (non-hydrogen) atoms. The topological polar surface area (TPSA) is 61.8 Å². The molecule has 1 heterocycles. The summed E-state index contributed by atoms with van der Waals surface area (Å²) in [5.41, 5.74) is 3.46. The molecule has 1 aliphatic heterocycles. The van der Waals surface area contributed by atoms with Gasteiger partial charge in [-0.25, -0.2) is 0 Å². The van der Waals surface area contributed by atoms with Crippen molar-refractivity contribution in [2.45, 2.75) is 13.8 Å². The molecule has 1 fully saturated rings. The van der Waals surface area contributed by atoms with Crippen molar-refractivity contribution in [2.24, 2.45) is 10.9 Å². The molecule has 0 saturated carbocycles. The van der Waals surface area contributed by atoms with Crippen LogP contribution in [0.4, 0.5) is 11.4 Å². The normalized spacial score (nSPS) is 17.9. The average Bonchev–Trinajstić information content (AvgIpc) is 2.59. The van der Waals surface area contributed by atoms with Gasteiger partial charge < -0.3 is 5.32 Å². The van der Waals surface area contributed by atoms with Gasteiger partial charge in [-0.2, -0.15) is 0 Å². The van der Waals surface area contributed by atoms with E-state index < -0.39 is 17.7 Å². The number of anilines is 1. The van der Waals surface area contributed by atoms with Crippen LogP contribution in [0.3, 0.4) is 0 Å². The lowest BCUT2D eigenvalue weighted by atomic mass is 10.1. The number of para-hydroxylation sites is 1. The number of carbonyl (C=O) groups excluding carboxylic acids is 2. The average molecular weight is 351 g/mol. The van der Waals surface area contributed by atoms with Crippen LogP contribution in [0.1, 0.15) is 11.1 Å². The Labute approximate surface area is 151 Å². The van der Waals surface area contributed by atoms with Gasteiger partial charge in [0, 0.05) is 6.21 Å². The second-order valence-electron chi connectivity index (χ2n) is 5.78. The third-order valence-corrected chi connectivity index (χ3v) is 4.44. The molecule has 0 bridgehead atoms. The summed E-state index contributed by atoms with van der Waals surface area (Å²) < 4.78 is 0. The second kappa shape index (κ2) is 6.94.